The summed E-state index contributed by atoms with van der Waals surface area (Å²) >= 11 is 12.0. The molecule has 0 atom stereocenters. The van der Waals surface area contributed by atoms with Crippen LogP contribution in [-0.2, 0) is 6.54 Å². The zero-order valence-corrected chi connectivity index (χ0v) is 9.96. The zero-order valence-electron chi connectivity index (χ0n) is 8.45. The number of nitrogens with zero attached hydrogens (tertiary/aromatic N) is 1. The van der Waals surface area contributed by atoms with Crippen LogP contribution in [0.3, 0.4) is 0 Å². The Hall–Kier alpha value is -1.09. The van der Waals surface area contributed by atoms with E-state index in [1.54, 1.807) is 24.5 Å². The molecular formula is C12H10Cl2N2. The minimum absolute atomic E-state index is 0.457. The number of hydrogen-bond acceptors (Lipinski definition) is 2. The summed E-state index contributed by atoms with van der Waals surface area (Å²) in [4.78, 5) is 4.12. The second kappa shape index (κ2) is 4.83. The molecule has 2 rings (SSSR count). The number of hydrogen-bond donors (Lipinski definition) is 1. The van der Waals surface area contributed by atoms with Crippen LogP contribution in [0.25, 0.3) is 11.1 Å². The van der Waals surface area contributed by atoms with Gasteiger partial charge in [-0.3, -0.25) is 4.98 Å². The number of benzene rings is 1. The first-order valence-electron chi connectivity index (χ1n) is 4.80. The summed E-state index contributed by atoms with van der Waals surface area (Å²) in [6.45, 7) is 0.457. The Balaban J connectivity index is 2.53. The van der Waals surface area contributed by atoms with E-state index in [1.807, 2.05) is 12.1 Å². The van der Waals surface area contributed by atoms with Gasteiger partial charge in [0.2, 0.25) is 0 Å². The van der Waals surface area contributed by atoms with Crippen molar-refractivity contribution in [2.45, 2.75) is 6.54 Å². The Morgan fingerprint density at radius 1 is 1.12 bits per heavy atom. The molecule has 2 aromatic rings. The molecule has 0 unspecified atom stereocenters. The summed E-state index contributed by atoms with van der Waals surface area (Å²) in [6, 6.07) is 7.31. The third kappa shape index (κ3) is 2.35. The molecule has 0 bridgehead atoms. The highest BCUT2D eigenvalue weighted by atomic mass is 35.5. The van der Waals surface area contributed by atoms with Crippen molar-refractivity contribution in [2.24, 2.45) is 5.73 Å². The van der Waals surface area contributed by atoms with Crippen molar-refractivity contribution < 1.29 is 0 Å². The molecule has 2 nitrogen and oxygen atoms in total. The topological polar surface area (TPSA) is 38.9 Å². The van der Waals surface area contributed by atoms with E-state index >= 15 is 0 Å². The van der Waals surface area contributed by atoms with E-state index in [0.29, 0.717) is 16.6 Å². The summed E-state index contributed by atoms with van der Waals surface area (Å²) in [7, 11) is 0. The predicted molar refractivity (Wildman–Crippen MR) is 67.6 cm³/mol. The molecule has 0 amide bonds. The second-order valence-corrected chi connectivity index (χ2v) is 4.25. The normalized spacial score (nSPS) is 10.4. The first-order valence-corrected chi connectivity index (χ1v) is 5.55. The lowest BCUT2D eigenvalue weighted by Gasteiger charge is -2.06. The highest BCUT2D eigenvalue weighted by Gasteiger charge is 2.05. The lowest BCUT2D eigenvalue weighted by atomic mass is 10.1. The van der Waals surface area contributed by atoms with E-state index in [1.165, 1.54) is 0 Å². The van der Waals surface area contributed by atoms with Gasteiger partial charge in [-0.05, 0) is 29.8 Å². The smallest absolute Gasteiger partial charge is 0.0486 e. The van der Waals surface area contributed by atoms with Crippen LogP contribution in [-0.4, -0.2) is 4.98 Å². The third-order valence-electron chi connectivity index (χ3n) is 2.27. The van der Waals surface area contributed by atoms with E-state index in [4.69, 9.17) is 28.9 Å². The van der Waals surface area contributed by atoms with Crippen molar-refractivity contribution in [3.05, 3.63) is 52.3 Å². The van der Waals surface area contributed by atoms with Gasteiger partial charge in [-0.1, -0.05) is 23.2 Å². The van der Waals surface area contributed by atoms with Crippen molar-refractivity contribution in [1.82, 2.24) is 4.98 Å². The molecule has 0 aliphatic carbocycles. The van der Waals surface area contributed by atoms with Gasteiger partial charge in [0.1, 0.15) is 0 Å². The van der Waals surface area contributed by atoms with Gasteiger partial charge in [-0.25, -0.2) is 0 Å². The van der Waals surface area contributed by atoms with Crippen LogP contribution in [0.15, 0.2) is 36.7 Å². The zero-order chi connectivity index (χ0) is 11.5. The van der Waals surface area contributed by atoms with Crippen LogP contribution in [0.2, 0.25) is 10.0 Å². The molecule has 82 valence electrons. The summed E-state index contributed by atoms with van der Waals surface area (Å²) in [5, 5.41) is 1.30. The summed E-state index contributed by atoms with van der Waals surface area (Å²) in [5.74, 6) is 0. The highest BCUT2D eigenvalue weighted by molar-refractivity contribution is 6.35. The summed E-state index contributed by atoms with van der Waals surface area (Å²) in [6.07, 6.45) is 3.48. The number of halogens is 2. The van der Waals surface area contributed by atoms with Crippen LogP contribution in [0.5, 0.6) is 0 Å². The SMILES string of the molecule is NCc1cncc(-c2cc(Cl)ccc2Cl)c1. The average molecular weight is 253 g/mol. The van der Waals surface area contributed by atoms with E-state index < -0.39 is 0 Å². The third-order valence-corrected chi connectivity index (χ3v) is 2.83. The lowest BCUT2D eigenvalue weighted by molar-refractivity contribution is 1.05. The van der Waals surface area contributed by atoms with E-state index in [9.17, 15) is 0 Å². The van der Waals surface area contributed by atoms with Crippen molar-refractivity contribution in [2.75, 3.05) is 0 Å². The summed E-state index contributed by atoms with van der Waals surface area (Å²) in [5.41, 5.74) is 8.33. The molecule has 1 heterocycles. The Kier molecular flexibility index (Phi) is 3.44. The average Bonchev–Trinajstić information content (AvgIpc) is 2.32. The molecule has 0 saturated carbocycles. The maximum Gasteiger partial charge on any atom is 0.0486 e. The van der Waals surface area contributed by atoms with Crippen LogP contribution >= 0.6 is 23.2 Å². The number of nitrogens with two attached hydrogens (primary N) is 1. The van der Waals surface area contributed by atoms with Gasteiger partial charge < -0.3 is 5.73 Å². The molecule has 1 aromatic heterocycles. The van der Waals surface area contributed by atoms with Crippen molar-refractivity contribution >= 4 is 23.2 Å². The van der Waals surface area contributed by atoms with Gasteiger partial charge in [0.15, 0.2) is 0 Å². The van der Waals surface area contributed by atoms with E-state index in [2.05, 4.69) is 4.98 Å². The van der Waals surface area contributed by atoms with Crippen LogP contribution in [0.4, 0.5) is 0 Å². The minimum Gasteiger partial charge on any atom is -0.326 e. The fourth-order valence-corrected chi connectivity index (χ4v) is 1.86. The van der Waals surface area contributed by atoms with Gasteiger partial charge in [-0.15, -0.1) is 0 Å². The molecule has 16 heavy (non-hydrogen) atoms. The molecule has 0 fully saturated rings. The lowest BCUT2D eigenvalue weighted by Crippen LogP contribution is -1.97. The fourth-order valence-electron chi connectivity index (χ4n) is 1.47. The van der Waals surface area contributed by atoms with Crippen molar-refractivity contribution in [1.29, 1.82) is 0 Å². The van der Waals surface area contributed by atoms with Crippen LogP contribution < -0.4 is 5.73 Å². The molecule has 0 aliphatic rings. The second-order valence-electron chi connectivity index (χ2n) is 3.41. The molecule has 0 radical (unpaired) electrons. The van der Waals surface area contributed by atoms with Crippen LogP contribution in [0.1, 0.15) is 5.56 Å². The quantitative estimate of drug-likeness (QED) is 0.889. The maximum atomic E-state index is 6.11. The van der Waals surface area contributed by atoms with E-state index in [0.717, 1.165) is 16.7 Å². The van der Waals surface area contributed by atoms with Gasteiger partial charge in [0, 0.05) is 40.1 Å². The molecule has 0 saturated heterocycles. The van der Waals surface area contributed by atoms with Crippen molar-refractivity contribution in [3.63, 3.8) is 0 Å². The van der Waals surface area contributed by atoms with Gasteiger partial charge >= 0.3 is 0 Å². The number of rotatable bonds is 2. The highest BCUT2D eigenvalue weighted by Crippen LogP contribution is 2.30. The number of aromatic nitrogens is 1. The van der Waals surface area contributed by atoms with Gasteiger partial charge in [-0.2, -0.15) is 0 Å². The monoisotopic (exact) mass is 252 g/mol. The minimum atomic E-state index is 0.457. The molecule has 0 spiro atoms. The fraction of sp³-hybridized carbons (Fsp3) is 0.0833. The Bertz CT molecular complexity index is 512. The molecular weight excluding hydrogens is 243 g/mol. The largest absolute Gasteiger partial charge is 0.326 e. The molecule has 1 aromatic carbocycles. The Morgan fingerprint density at radius 2 is 1.94 bits per heavy atom. The van der Waals surface area contributed by atoms with Gasteiger partial charge in [0.25, 0.3) is 0 Å². The predicted octanol–water partition coefficient (Wildman–Crippen LogP) is 3.51. The standard InChI is InChI=1S/C12H10Cl2N2/c13-10-1-2-12(14)11(4-10)9-3-8(5-15)6-16-7-9/h1-4,6-7H,5,15H2. The summed E-state index contributed by atoms with van der Waals surface area (Å²) < 4.78 is 0. The Labute approximate surface area is 104 Å². The van der Waals surface area contributed by atoms with Crippen LogP contribution in [0, 0.1) is 0 Å². The maximum absolute atomic E-state index is 6.11. The molecule has 4 heteroatoms. The van der Waals surface area contributed by atoms with E-state index in [-0.39, 0.29) is 0 Å². The molecule has 0 aliphatic heterocycles. The first-order chi connectivity index (χ1) is 7.70. The van der Waals surface area contributed by atoms with Crippen molar-refractivity contribution in [3.8, 4) is 11.1 Å². The Morgan fingerprint density at radius 3 is 2.69 bits per heavy atom. The first kappa shape index (κ1) is 11.4. The van der Waals surface area contributed by atoms with Gasteiger partial charge in [0.05, 0.1) is 0 Å². The molecule has 2 N–H and O–H groups in total. The number of pyridine rings is 1.